The van der Waals surface area contributed by atoms with E-state index in [2.05, 4.69) is 10.6 Å². The number of carbonyl (C=O) groups excluding carboxylic acids is 2. The van der Waals surface area contributed by atoms with E-state index < -0.39 is 11.7 Å². The van der Waals surface area contributed by atoms with Crippen LogP contribution >= 0.6 is 0 Å². The molecule has 0 atom stereocenters. The first-order valence-electron chi connectivity index (χ1n) is 7.60. The minimum atomic E-state index is -0.526. The van der Waals surface area contributed by atoms with Crippen molar-refractivity contribution in [3.8, 4) is 5.75 Å². The van der Waals surface area contributed by atoms with Crippen LogP contribution in [0.4, 0.5) is 4.39 Å². The smallest absolute Gasteiger partial charge is 0.251 e. The van der Waals surface area contributed by atoms with Crippen molar-refractivity contribution in [2.24, 2.45) is 0 Å². The summed E-state index contributed by atoms with van der Waals surface area (Å²) in [6.45, 7) is -0.447. The zero-order valence-corrected chi connectivity index (χ0v) is 13.7. The van der Waals surface area contributed by atoms with Crippen molar-refractivity contribution in [1.82, 2.24) is 10.6 Å². The summed E-state index contributed by atoms with van der Waals surface area (Å²) in [4.78, 5) is 23.7. The van der Waals surface area contributed by atoms with E-state index in [4.69, 9.17) is 9.84 Å². The number of halogens is 1. The van der Waals surface area contributed by atoms with Gasteiger partial charge >= 0.3 is 0 Å². The van der Waals surface area contributed by atoms with Gasteiger partial charge in [0.15, 0.2) is 0 Å². The molecule has 0 aliphatic carbocycles. The van der Waals surface area contributed by atoms with Crippen LogP contribution in [-0.2, 0) is 17.9 Å². The molecule has 0 aromatic heterocycles. The highest BCUT2D eigenvalue weighted by atomic mass is 19.1. The molecule has 0 spiro atoms. The number of aliphatic hydroxyl groups is 1. The molecular weight excluding hydrogens is 327 g/mol. The van der Waals surface area contributed by atoms with Crippen LogP contribution in [0.25, 0.3) is 0 Å². The first-order chi connectivity index (χ1) is 12.0. The molecule has 0 aliphatic rings. The highest BCUT2D eigenvalue weighted by molar-refractivity contribution is 5.96. The lowest BCUT2D eigenvalue weighted by Gasteiger charge is -2.08. The Morgan fingerprint density at radius 1 is 1.12 bits per heavy atom. The zero-order valence-electron chi connectivity index (χ0n) is 13.7. The maximum atomic E-state index is 13.5. The molecule has 0 bridgehead atoms. The van der Waals surface area contributed by atoms with Crippen LogP contribution in [0.5, 0.6) is 5.75 Å². The number of hydrogen-bond acceptors (Lipinski definition) is 4. The molecule has 3 N–H and O–H groups in total. The molecule has 0 aliphatic heterocycles. The molecule has 132 valence electrons. The van der Waals surface area contributed by atoms with Crippen LogP contribution in [0.3, 0.4) is 0 Å². The van der Waals surface area contributed by atoms with Crippen molar-refractivity contribution in [3.63, 3.8) is 0 Å². The summed E-state index contributed by atoms with van der Waals surface area (Å²) in [5, 5.41) is 14.0. The van der Waals surface area contributed by atoms with Gasteiger partial charge in [0.2, 0.25) is 5.91 Å². The Kier molecular flexibility index (Phi) is 6.47. The first kappa shape index (κ1) is 18.4. The van der Waals surface area contributed by atoms with Crippen molar-refractivity contribution in [2.45, 2.75) is 13.2 Å². The average Bonchev–Trinajstić information content (AvgIpc) is 2.64. The monoisotopic (exact) mass is 346 g/mol. The van der Waals surface area contributed by atoms with Crippen LogP contribution in [-0.4, -0.2) is 30.6 Å². The first-order valence-corrected chi connectivity index (χ1v) is 7.60. The second-order valence-electron chi connectivity index (χ2n) is 5.27. The lowest BCUT2D eigenvalue weighted by Crippen LogP contribution is -2.36. The van der Waals surface area contributed by atoms with Crippen molar-refractivity contribution >= 4 is 11.8 Å². The van der Waals surface area contributed by atoms with Gasteiger partial charge in [0, 0.05) is 17.7 Å². The van der Waals surface area contributed by atoms with Gasteiger partial charge < -0.3 is 20.5 Å². The van der Waals surface area contributed by atoms with Gasteiger partial charge in [0.1, 0.15) is 11.6 Å². The van der Waals surface area contributed by atoms with Gasteiger partial charge in [0.05, 0.1) is 20.3 Å². The molecule has 7 heteroatoms. The van der Waals surface area contributed by atoms with Crippen molar-refractivity contribution in [1.29, 1.82) is 0 Å². The molecule has 25 heavy (non-hydrogen) atoms. The summed E-state index contributed by atoms with van der Waals surface area (Å²) in [6.07, 6.45) is 0. The molecule has 0 saturated heterocycles. The number of amides is 2. The van der Waals surface area contributed by atoms with E-state index in [0.29, 0.717) is 16.9 Å². The van der Waals surface area contributed by atoms with E-state index in [-0.39, 0.29) is 31.2 Å². The lowest BCUT2D eigenvalue weighted by atomic mass is 10.1. The van der Waals surface area contributed by atoms with E-state index in [9.17, 15) is 14.0 Å². The molecule has 0 unspecified atom stereocenters. The second-order valence-corrected chi connectivity index (χ2v) is 5.27. The third kappa shape index (κ3) is 5.29. The topological polar surface area (TPSA) is 87.7 Å². The molecule has 2 aromatic carbocycles. The van der Waals surface area contributed by atoms with E-state index in [1.165, 1.54) is 19.2 Å². The molecule has 2 aromatic rings. The molecule has 0 fully saturated rings. The number of hydrogen-bond donors (Lipinski definition) is 3. The Hall–Kier alpha value is -2.93. The summed E-state index contributed by atoms with van der Waals surface area (Å²) in [6, 6.07) is 10.8. The van der Waals surface area contributed by atoms with Gasteiger partial charge in [-0.15, -0.1) is 0 Å². The molecule has 0 saturated carbocycles. The van der Waals surface area contributed by atoms with Gasteiger partial charge in [-0.2, -0.15) is 0 Å². The Morgan fingerprint density at radius 2 is 1.84 bits per heavy atom. The number of nitrogens with one attached hydrogen (secondary N) is 2. The number of ether oxygens (including phenoxy) is 1. The third-order valence-electron chi connectivity index (χ3n) is 3.54. The summed E-state index contributed by atoms with van der Waals surface area (Å²) in [5.74, 6) is -0.666. The van der Waals surface area contributed by atoms with Crippen molar-refractivity contribution < 1.29 is 23.8 Å². The van der Waals surface area contributed by atoms with E-state index in [1.54, 1.807) is 30.3 Å². The predicted octanol–water partition coefficient (Wildman–Crippen LogP) is 1.37. The Bertz CT molecular complexity index is 747. The van der Waals surface area contributed by atoms with Gasteiger partial charge in [0.25, 0.3) is 5.91 Å². The maximum absolute atomic E-state index is 13.5. The van der Waals surface area contributed by atoms with Crippen LogP contribution in [0.2, 0.25) is 0 Å². The molecule has 6 nitrogen and oxygen atoms in total. The van der Waals surface area contributed by atoms with Gasteiger partial charge in [-0.05, 0) is 35.9 Å². The van der Waals surface area contributed by atoms with Crippen LogP contribution in [0, 0.1) is 5.82 Å². The van der Waals surface area contributed by atoms with Gasteiger partial charge in [-0.3, -0.25) is 9.59 Å². The molecule has 0 radical (unpaired) electrons. The standard InChI is InChI=1S/C18H19FN2O4/c1-25-15-6-4-13(5-7-15)18(24)21-10-17(23)20-9-12-2-3-14(11-22)16(19)8-12/h2-8,22H,9-11H2,1H3,(H,20,23)(H,21,24). The number of carbonyl (C=O) groups is 2. The number of aliphatic hydroxyl groups excluding tert-OH is 1. The molecular formula is C18H19FN2O4. The number of rotatable bonds is 7. The molecule has 0 heterocycles. The zero-order chi connectivity index (χ0) is 18.2. The summed E-state index contributed by atoms with van der Waals surface area (Å²) < 4.78 is 18.5. The normalized spacial score (nSPS) is 10.2. The van der Waals surface area contributed by atoms with Gasteiger partial charge in [-0.25, -0.2) is 4.39 Å². The fourth-order valence-electron chi connectivity index (χ4n) is 2.10. The maximum Gasteiger partial charge on any atom is 0.251 e. The van der Waals surface area contributed by atoms with Crippen LogP contribution in [0.1, 0.15) is 21.5 Å². The van der Waals surface area contributed by atoms with E-state index >= 15 is 0 Å². The Morgan fingerprint density at radius 3 is 2.44 bits per heavy atom. The third-order valence-corrected chi connectivity index (χ3v) is 3.54. The lowest BCUT2D eigenvalue weighted by molar-refractivity contribution is -0.120. The Balaban J connectivity index is 1.80. The minimum Gasteiger partial charge on any atom is -0.497 e. The molecule has 2 amide bonds. The second kappa shape index (κ2) is 8.79. The van der Waals surface area contributed by atoms with Crippen molar-refractivity contribution in [2.75, 3.05) is 13.7 Å². The number of methoxy groups -OCH3 is 1. The number of benzene rings is 2. The highest BCUT2D eigenvalue weighted by Gasteiger charge is 2.09. The fraction of sp³-hybridized carbons (Fsp3) is 0.222. The quantitative estimate of drug-likeness (QED) is 0.707. The average molecular weight is 346 g/mol. The summed E-state index contributed by atoms with van der Waals surface area (Å²) in [7, 11) is 1.53. The summed E-state index contributed by atoms with van der Waals surface area (Å²) >= 11 is 0. The SMILES string of the molecule is COc1ccc(C(=O)NCC(=O)NCc2ccc(CO)c(F)c2)cc1. The minimum absolute atomic E-state index is 0.125. The molecule has 2 rings (SSSR count). The van der Waals surface area contributed by atoms with Crippen LogP contribution < -0.4 is 15.4 Å². The summed E-state index contributed by atoms with van der Waals surface area (Å²) in [5.41, 5.74) is 1.17. The predicted molar refractivity (Wildman–Crippen MR) is 89.5 cm³/mol. The van der Waals surface area contributed by atoms with Crippen LogP contribution in [0.15, 0.2) is 42.5 Å². The highest BCUT2D eigenvalue weighted by Crippen LogP contribution is 2.11. The van der Waals surface area contributed by atoms with E-state index in [1.807, 2.05) is 0 Å². The van der Waals surface area contributed by atoms with Gasteiger partial charge in [-0.1, -0.05) is 12.1 Å². The Labute approximate surface area is 144 Å². The fourth-order valence-corrected chi connectivity index (χ4v) is 2.10. The van der Waals surface area contributed by atoms with E-state index in [0.717, 1.165) is 0 Å². The largest absolute Gasteiger partial charge is 0.497 e. The van der Waals surface area contributed by atoms with Crippen molar-refractivity contribution in [3.05, 3.63) is 65.0 Å².